The third kappa shape index (κ3) is 6.07. The molecule has 1 saturated heterocycles. The molecule has 0 saturated carbocycles. The zero-order chi connectivity index (χ0) is 14.5. The van der Waals surface area contributed by atoms with Crippen LogP contribution in [0.5, 0.6) is 0 Å². The van der Waals surface area contributed by atoms with Crippen LogP contribution >= 0.6 is 0 Å². The maximum absolute atomic E-state index is 12.1. The molecule has 0 aromatic rings. The Hall–Kier alpha value is -0.380. The Kier molecular flexibility index (Phi) is 6.03. The van der Waals surface area contributed by atoms with Gasteiger partial charge in [0.2, 0.25) is 0 Å². The van der Waals surface area contributed by atoms with Crippen molar-refractivity contribution in [1.82, 2.24) is 14.3 Å². The lowest BCUT2D eigenvalue weighted by Crippen LogP contribution is -2.47. The Morgan fingerprint density at radius 3 is 2.58 bits per heavy atom. The minimum absolute atomic E-state index is 0.149. The van der Waals surface area contributed by atoms with Crippen LogP contribution in [-0.4, -0.2) is 51.6 Å². The third-order valence-electron chi connectivity index (χ3n) is 3.01. The molecule has 0 aliphatic carbocycles. The van der Waals surface area contributed by atoms with Gasteiger partial charge in [-0.05, 0) is 31.8 Å². The van der Waals surface area contributed by atoms with E-state index in [1.807, 2.05) is 0 Å². The van der Waals surface area contributed by atoms with Gasteiger partial charge in [0.05, 0.1) is 0 Å². The van der Waals surface area contributed by atoms with E-state index in [0.717, 1.165) is 23.7 Å². The van der Waals surface area contributed by atoms with Gasteiger partial charge in [-0.1, -0.05) is 6.92 Å². The van der Waals surface area contributed by atoms with Gasteiger partial charge in [0.25, 0.3) is 10.2 Å². The van der Waals surface area contributed by atoms with Crippen LogP contribution in [0.4, 0.5) is 13.2 Å². The summed E-state index contributed by atoms with van der Waals surface area (Å²) < 4.78 is 62.4. The SMILES string of the molecule is CCN(CC1CCCNC1)S(=O)(=O)NCC(F)(F)F. The zero-order valence-corrected chi connectivity index (χ0v) is 11.6. The quantitative estimate of drug-likeness (QED) is 0.759. The van der Waals surface area contributed by atoms with Crippen LogP contribution in [-0.2, 0) is 10.2 Å². The summed E-state index contributed by atoms with van der Waals surface area (Å²) in [4.78, 5) is 0. The molecule has 1 aliphatic heterocycles. The van der Waals surface area contributed by atoms with Crippen molar-refractivity contribution in [3.05, 3.63) is 0 Å². The maximum Gasteiger partial charge on any atom is 0.402 e. The molecule has 1 fully saturated rings. The Morgan fingerprint density at radius 2 is 2.11 bits per heavy atom. The Morgan fingerprint density at radius 1 is 1.42 bits per heavy atom. The number of halogens is 3. The summed E-state index contributed by atoms with van der Waals surface area (Å²) in [6.45, 7) is 2.09. The topological polar surface area (TPSA) is 61.4 Å². The molecule has 1 aliphatic rings. The molecule has 0 radical (unpaired) electrons. The Bertz CT molecular complexity index is 367. The summed E-state index contributed by atoms with van der Waals surface area (Å²) in [6, 6.07) is 0. The smallest absolute Gasteiger partial charge is 0.316 e. The standard InChI is InChI=1S/C10H20F3N3O2S/c1-2-16(7-9-4-3-5-14-6-9)19(17,18)15-8-10(11,12)13/h9,14-15H,2-8H2,1H3. The fraction of sp³-hybridized carbons (Fsp3) is 1.00. The molecule has 2 N–H and O–H groups in total. The molecule has 19 heavy (non-hydrogen) atoms. The molecule has 1 unspecified atom stereocenters. The van der Waals surface area contributed by atoms with Crippen molar-refractivity contribution in [2.45, 2.75) is 25.9 Å². The van der Waals surface area contributed by atoms with Gasteiger partial charge >= 0.3 is 6.18 Å². The highest BCUT2D eigenvalue weighted by molar-refractivity contribution is 7.87. The molecule has 0 aromatic carbocycles. The van der Waals surface area contributed by atoms with Crippen LogP contribution in [0, 0.1) is 5.92 Å². The number of nitrogens with one attached hydrogen (secondary N) is 2. The van der Waals surface area contributed by atoms with Gasteiger partial charge in [-0.3, -0.25) is 0 Å². The van der Waals surface area contributed by atoms with E-state index < -0.39 is 22.9 Å². The molecule has 0 bridgehead atoms. The molecule has 1 rings (SSSR count). The minimum Gasteiger partial charge on any atom is -0.316 e. The van der Waals surface area contributed by atoms with Gasteiger partial charge in [-0.25, -0.2) is 0 Å². The van der Waals surface area contributed by atoms with Crippen LogP contribution in [0.25, 0.3) is 0 Å². The highest BCUT2D eigenvalue weighted by Crippen LogP contribution is 2.16. The number of nitrogens with zero attached hydrogens (tertiary/aromatic N) is 1. The van der Waals surface area contributed by atoms with Gasteiger partial charge in [0.15, 0.2) is 0 Å². The molecular formula is C10H20F3N3O2S. The molecule has 0 spiro atoms. The molecule has 9 heteroatoms. The normalized spacial score (nSPS) is 21.8. The second kappa shape index (κ2) is 6.87. The maximum atomic E-state index is 12.1. The van der Waals surface area contributed by atoms with E-state index in [1.165, 1.54) is 0 Å². The van der Waals surface area contributed by atoms with Crippen LogP contribution in [0.2, 0.25) is 0 Å². The number of piperidine rings is 1. The van der Waals surface area contributed by atoms with E-state index in [1.54, 1.807) is 11.6 Å². The number of alkyl halides is 3. The summed E-state index contributed by atoms with van der Waals surface area (Å²) in [5.74, 6) is 0.149. The number of rotatable bonds is 6. The van der Waals surface area contributed by atoms with Crippen molar-refractivity contribution in [2.24, 2.45) is 5.92 Å². The number of hydrogen-bond donors (Lipinski definition) is 2. The van der Waals surface area contributed by atoms with E-state index in [9.17, 15) is 21.6 Å². The predicted molar refractivity (Wildman–Crippen MR) is 65.8 cm³/mol. The van der Waals surface area contributed by atoms with Crippen LogP contribution in [0.3, 0.4) is 0 Å². The molecule has 114 valence electrons. The minimum atomic E-state index is -4.54. The number of hydrogen-bond acceptors (Lipinski definition) is 3. The van der Waals surface area contributed by atoms with Crippen molar-refractivity contribution in [1.29, 1.82) is 0 Å². The van der Waals surface area contributed by atoms with Gasteiger partial charge in [0.1, 0.15) is 6.54 Å². The molecule has 1 atom stereocenters. The Balaban J connectivity index is 2.56. The molecule has 0 amide bonds. The van der Waals surface area contributed by atoms with Gasteiger partial charge < -0.3 is 5.32 Å². The molecular weight excluding hydrogens is 283 g/mol. The highest BCUT2D eigenvalue weighted by Gasteiger charge is 2.32. The summed E-state index contributed by atoms with van der Waals surface area (Å²) >= 11 is 0. The second-order valence-corrected chi connectivity index (χ2v) is 6.36. The monoisotopic (exact) mass is 303 g/mol. The van der Waals surface area contributed by atoms with E-state index in [-0.39, 0.29) is 19.0 Å². The lowest BCUT2D eigenvalue weighted by atomic mass is 10.00. The van der Waals surface area contributed by atoms with Crippen molar-refractivity contribution in [2.75, 3.05) is 32.7 Å². The van der Waals surface area contributed by atoms with E-state index >= 15 is 0 Å². The fourth-order valence-electron chi connectivity index (χ4n) is 2.03. The van der Waals surface area contributed by atoms with E-state index in [2.05, 4.69) is 5.32 Å². The van der Waals surface area contributed by atoms with Crippen molar-refractivity contribution < 1.29 is 21.6 Å². The summed E-state index contributed by atoms with van der Waals surface area (Å²) in [6.07, 6.45) is -2.70. The summed E-state index contributed by atoms with van der Waals surface area (Å²) in [5.41, 5.74) is 0. The van der Waals surface area contributed by atoms with Crippen LogP contribution in [0.15, 0.2) is 0 Å². The van der Waals surface area contributed by atoms with Crippen molar-refractivity contribution in [3.8, 4) is 0 Å². The van der Waals surface area contributed by atoms with Gasteiger partial charge in [-0.15, -0.1) is 0 Å². The van der Waals surface area contributed by atoms with Gasteiger partial charge in [-0.2, -0.15) is 30.6 Å². The highest BCUT2D eigenvalue weighted by atomic mass is 32.2. The average Bonchev–Trinajstić information content (AvgIpc) is 2.34. The van der Waals surface area contributed by atoms with Crippen LogP contribution in [0.1, 0.15) is 19.8 Å². The first kappa shape index (κ1) is 16.7. The van der Waals surface area contributed by atoms with E-state index in [4.69, 9.17) is 0 Å². The average molecular weight is 303 g/mol. The predicted octanol–water partition coefficient (Wildman–Crippen LogP) is 0.705. The largest absolute Gasteiger partial charge is 0.402 e. The molecule has 1 heterocycles. The van der Waals surface area contributed by atoms with Crippen molar-refractivity contribution in [3.63, 3.8) is 0 Å². The second-order valence-electron chi connectivity index (χ2n) is 4.60. The fourth-order valence-corrected chi connectivity index (χ4v) is 3.30. The van der Waals surface area contributed by atoms with Crippen molar-refractivity contribution >= 4 is 10.2 Å². The third-order valence-corrected chi connectivity index (χ3v) is 4.60. The van der Waals surface area contributed by atoms with Gasteiger partial charge in [0, 0.05) is 13.1 Å². The lowest BCUT2D eigenvalue weighted by molar-refractivity contribution is -0.121. The Labute approximate surface area is 111 Å². The first-order chi connectivity index (χ1) is 8.74. The lowest BCUT2D eigenvalue weighted by Gasteiger charge is -2.29. The molecule has 0 aromatic heterocycles. The zero-order valence-electron chi connectivity index (χ0n) is 10.8. The van der Waals surface area contributed by atoms with Crippen LogP contribution < -0.4 is 10.0 Å². The summed E-state index contributed by atoms with van der Waals surface area (Å²) in [7, 11) is -4.07. The molecule has 5 nitrogen and oxygen atoms in total. The first-order valence-electron chi connectivity index (χ1n) is 6.27. The van der Waals surface area contributed by atoms with E-state index in [0.29, 0.717) is 6.54 Å². The first-order valence-corrected chi connectivity index (χ1v) is 7.71. The summed E-state index contributed by atoms with van der Waals surface area (Å²) in [5, 5.41) is 3.15.